The number of rotatable bonds is 2. The van der Waals surface area contributed by atoms with Gasteiger partial charge in [-0.05, 0) is 56.9 Å². The zero-order chi connectivity index (χ0) is 27.1. The predicted octanol–water partition coefficient (Wildman–Crippen LogP) is 3.52. The van der Waals surface area contributed by atoms with Crippen LogP contribution in [0.1, 0.15) is 66.8 Å². The molecule has 1 saturated heterocycles. The van der Waals surface area contributed by atoms with E-state index in [0.717, 1.165) is 16.7 Å². The molecular weight excluding hydrogens is 490 g/mol. The molecule has 3 heterocycles. The number of nitrogens with zero attached hydrogens (tertiary/aromatic N) is 2. The van der Waals surface area contributed by atoms with Crippen LogP contribution in [0.4, 0.5) is 4.79 Å². The number of benzene rings is 2. The molecule has 0 aromatic heterocycles. The lowest BCUT2D eigenvalue weighted by Gasteiger charge is -2.40. The van der Waals surface area contributed by atoms with Gasteiger partial charge in [0, 0.05) is 30.8 Å². The summed E-state index contributed by atoms with van der Waals surface area (Å²) < 4.78 is 18.0. The van der Waals surface area contributed by atoms with Gasteiger partial charge in [0.1, 0.15) is 18.0 Å². The minimum atomic E-state index is -0.764. The zero-order valence-electron chi connectivity index (χ0n) is 21.9. The van der Waals surface area contributed by atoms with Crippen LogP contribution in [0.3, 0.4) is 0 Å². The topological polar surface area (TPSA) is 118 Å². The van der Waals surface area contributed by atoms with Crippen molar-refractivity contribution in [1.29, 1.82) is 0 Å². The SMILES string of the molecule is CC(C)(C)OC(=O)N1CCC2(CC1)OC(C(=O)N1CCOc3cc(C(=O)NO)ccc3C1)c1ccccc12. The van der Waals surface area contributed by atoms with Crippen LogP contribution in [0.5, 0.6) is 5.75 Å². The van der Waals surface area contributed by atoms with Crippen LogP contribution in [0.15, 0.2) is 42.5 Å². The van der Waals surface area contributed by atoms with Crippen LogP contribution in [0.2, 0.25) is 0 Å². The second kappa shape index (κ2) is 9.92. The van der Waals surface area contributed by atoms with Crippen molar-refractivity contribution in [2.24, 2.45) is 0 Å². The zero-order valence-corrected chi connectivity index (χ0v) is 21.9. The molecule has 5 rings (SSSR count). The molecule has 1 fully saturated rings. The van der Waals surface area contributed by atoms with Crippen LogP contribution < -0.4 is 10.2 Å². The van der Waals surface area contributed by atoms with E-state index in [9.17, 15) is 14.4 Å². The molecule has 202 valence electrons. The third-order valence-electron chi connectivity index (χ3n) is 7.25. The van der Waals surface area contributed by atoms with E-state index < -0.39 is 23.2 Å². The summed E-state index contributed by atoms with van der Waals surface area (Å²) in [4.78, 5) is 41.7. The summed E-state index contributed by atoms with van der Waals surface area (Å²) in [5, 5.41) is 8.92. The van der Waals surface area contributed by atoms with Crippen molar-refractivity contribution in [3.63, 3.8) is 0 Å². The van der Waals surface area contributed by atoms with Gasteiger partial charge < -0.3 is 24.0 Å². The smallest absolute Gasteiger partial charge is 0.410 e. The van der Waals surface area contributed by atoms with E-state index in [1.165, 1.54) is 0 Å². The molecule has 10 nitrogen and oxygen atoms in total. The molecule has 2 N–H and O–H groups in total. The van der Waals surface area contributed by atoms with Gasteiger partial charge in [0.2, 0.25) is 0 Å². The molecule has 1 spiro atoms. The summed E-state index contributed by atoms with van der Waals surface area (Å²) in [6.07, 6.45) is 0.0259. The lowest BCUT2D eigenvalue weighted by atomic mass is 9.83. The number of hydrogen-bond donors (Lipinski definition) is 2. The normalized spacial score (nSPS) is 20.2. The van der Waals surface area contributed by atoms with Gasteiger partial charge in [0.25, 0.3) is 11.8 Å². The highest BCUT2D eigenvalue weighted by Crippen LogP contribution is 2.50. The summed E-state index contributed by atoms with van der Waals surface area (Å²) in [5.41, 5.74) is 3.27. The lowest BCUT2D eigenvalue weighted by Crippen LogP contribution is -2.47. The van der Waals surface area contributed by atoms with Gasteiger partial charge in [-0.15, -0.1) is 0 Å². The maximum absolute atomic E-state index is 13.9. The molecular formula is C28H33N3O7. The summed E-state index contributed by atoms with van der Waals surface area (Å²) in [6.45, 7) is 7.40. The first kappa shape index (κ1) is 26.0. The van der Waals surface area contributed by atoms with Crippen LogP contribution in [0.25, 0.3) is 0 Å². The summed E-state index contributed by atoms with van der Waals surface area (Å²) in [5.74, 6) is -0.287. The van der Waals surface area contributed by atoms with E-state index >= 15 is 0 Å². The van der Waals surface area contributed by atoms with E-state index in [1.807, 2.05) is 45.0 Å². The van der Waals surface area contributed by atoms with Crippen LogP contribution in [0, 0.1) is 0 Å². The van der Waals surface area contributed by atoms with Crippen molar-refractivity contribution in [1.82, 2.24) is 15.3 Å². The Morgan fingerprint density at radius 1 is 1.05 bits per heavy atom. The van der Waals surface area contributed by atoms with Crippen molar-refractivity contribution >= 4 is 17.9 Å². The molecule has 0 radical (unpaired) electrons. The van der Waals surface area contributed by atoms with Gasteiger partial charge >= 0.3 is 6.09 Å². The molecule has 0 bridgehead atoms. The molecule has 3 aliphatic rings. The summed E-state index contributed by atoms with van der Waals surface area (Å²) in [7, 11) is 0. The number of ether oxygens (including phenoxy) is 3. The number of fused-ring (bicyclic) bond motifs is 3. The molecule has 1 unspecified atom stereocenters. The standard InChI is InChI=1S/C28H33N3O7/c1-27(2,3)38-26(34)30-12-10-28(11-13-30)21-7-5-4-6-20(21)23(37-28)25(33)31-14-15-36-22-16-18(24(32)29-35)8-9-19(22)17-31/h4-9,16,23,35H,10-15,17H2,1-3H3,(H,29,32). The van der Waals surface area contributed by atoms with Gasteiger partial charge in [-0.2, -0.15) is 0 Å². The van der Waals surface area contributed by atoms with Gasteiger partial charge in [-0.25, -0.2) is 10.3 Å². The Morgan fingerprint density at radius 2 is 1.79 bits per heavy atom. The minimum absolute atomic E-state index is 0.155. The molecule has 1 atom stereocenters. The van der Waals surface area contributed by atoms with Crippen molar-refractivity contribution < 1.29 is 33.8 Å². The van der Waals surface area contributed by atoms with Crippen molar-refractivity contribution in [2.75, 3.05) is 26.2 Å². The highest BCUT2D eigenvalue weighted by atomic mass is 16.6. The Hall–Kier alpha value is -3.63. The maximum atomic E-state index is 13.9. The number of nitrogens with one attached hydrogen (secondary N) is 1. The Bertz CT molecular complexity index is 1250. The monoisotopic (exact) mass is 523 g/mol. The van der Waals surface area contributed by atoms with E-state index in [-0.39, 0.29) is 24.2 Å². The Balaban J connectivity index is 1.33. The number of hydrogen-bond acceptors (Lipinski definition) is 7. The number of amides is 3. The van der Waals surface area contributed by atoms with E-state index in [1.54, 1.807) is 33.5 Å². The Morgan fingerprint density at radius 3 is 2.50 bits per heavy atom. The number of hydroxylamine groups is 1. The largest absolute Gasteiger partial charge is 0.491 e. The Labute approximate surface area is 221 Å². The molecule has 3 amide bonds. The van der Waals surface area contributed by atoms with Crippen molar-refractivity contribution in [3.8, 4) is 5.75 Å². The number of carbonyl (C=O) groups excluding carboxylic acids is 3. The van der Waals surface area contributed by atoms with Gasteiger partial charge in [0.05, 0.1) is 12.1 Å². The van der Waals surface area contributed by atoms with Crippen LogP contribution in [-0.4, -0.2) is 64.8 Å². The molecule has 0 saturated carbocycles. The van der Waals surface area contributed by atoms with Crippen molar-refractivity contribution in [3.05, 3.63) is 64.7 Å². The molecule has 38 heavy (non-hydrogen) atoms. The van der Waals surface area contributed by atoms with Crippen LogP contribution in [-0.2, 0) is 26.4 Å². The van der Waals surface area contributed by atoms with E-state index in [4.69, 9.17) is 19.4 Å². The highest BCUT2D eigenvalue weighted by molar-refractivity contribution is 5.94. The molecule has 0 aliphatic carbocycles. The second-order valence-electron chi connectivity index (χ2n) is 10.9. The molecule has 2 aromatic rings. The van der Waals surface area contributed by atoms with Crippen molar-refractivity contribution in [2.45, 2.75) is 57.5 Å². The fraction of sp³-hybridized carbons (Fsp3) is 0.464. The van der Waals surface area contributed by atoms with Gasteiger partial charge in [-0.3, -0.25) is 14.8 Å². The summed E-state index contributed by atoms with van der Waals surface area (Å²) >= 11 is 0. The summed E-state index contributed by atoms with van der Waals surface area (Å²) in [6, 6.07) is 12.7. The molecule has 10 heteroatoms. The number of likely N-dealkylation sites (tertiary alicyclic amines) is 1. The van der Waals surface area contributed by atoms with E-state index in [2.05, 4.69) is 0 Å². The maximum Gasteiger partial charge on any atom is 0.410 e. The van der Waals surface area contributed by atoms with Gasteiger partial charge in [-0.1, -0.05) is 30.3 Å². The fourth-order valence-electron chi connectivity index (χ4n) is 5.37. The first-order valence-corrected chi connectivity index (χ1v) is 12.8. The van der Waals surface area contributed by atoms with Crippen LogP contribution >= 0.6 is 0 Å². The lowest BCUT2D eigenvalue weighted by molar-refractivity contribution is -0.161. The quantitative estimate of drug-likeness (QED) is 0.457. The first-order valence-electron chi connectivity index (χ1n) is 12.8. The van der Waals surface area contributed by atoms with E-state index in [0.29, 0.717) is 44.8 Å². The number of piperidine rings is 1. The third kappa shape index (κ3) is 4.93. The Kier molecular flexibility index (Phi) is 6.79. The molecule has 2 aromatic carbocycles. The third-order valence-corrected chi connectivity index (χ3v) is 7.25. The highest BCUT2D eigenvalue weighted by Gasteiger charge is 2.50. The minimum Gasteiger partial charge on any atom is -0.491 e. The number of carbonyl (C=O) groups is 3. The first-order chi connectivity index (χ1) is 18.1. The fourth-order valence-corrected chi connectivity index (χ4v) is 5.37. The predicted molar refractivity (Wildman–Crippen MR) is 136 cm³/mol. The van der Waals surface area contributed by atoms with Gasteiger partial charge in [0.15, 0.2) is 6.10 Å². The average molecular weight is 524 g/mol. The second-order valence-corrected chi connectivity index (χ2v) is 10.9. The molecule has 3 aliphatic heterocycles. The average Bonchev–Trinajstić information content (AvgIpc) is 3.05.